The lowest BCUT2D eigenvalue weighted by Crippen LogP contribution is -2.48. The molecule has 0 spiro atoms. The number of amides is 2. The summed E-state index contributed by atoms with van der Waals surface area (Å²) >= 11 is 0. The van der Waals surface area contributed by atoms with E-state index in [1.165, 1.54) is 0 Å². The molecule has 8 rings (SSSR count). The van der Waals surface area contributed by atoms with Gasteiger partial charge in [-0.1, -0.05) is 24.3 Å². The third-order valence-corrected chi connectivity index (χ3v) is 12.7. The Labute approximate surface area is 324 Å². The fourth-order valence-electron chi connectivity index (χ4n) is 9.12. The van der Waals surface area contributed by atoms with Gasteiger partial charge in [-0.05, 0) is 149 Å². The summed E-state index contributed by atoms with van der Waals surface area (Å²) in [7, 11) is 1.15. The lowest BCUT2D eigenvalue weighted by molar-refractivity contribution is -0.0662. The van der Waals surface area contributed by atoms with E-state index in [0.717, 1.165) is 95.9 Å². The number of carbonyl (C=O) groups is 2. The van der Waals surface area contributed by atoms with Crippen molar-refractivity contribution >= 4 is 31.4 Å². The van der Waals surface area contributed by atoms with E-state index in [1.54, 1.807) is 12.1 Å². The number of rotatable bonds is 18. The molecule has 15 heteroatoms. The van der Waals surface area contributed by atoms with Gasteiger partial charge in [0.15, 0.2) is 11.9 Å². The smallest absolute Gasteiger partial charge is 0.393 e. The zero-order chi connectivity index (χ0) is 39.1. The summed E-state index contributed by atoms with van der Waals surface area (Å²) in [6.07, 6.45) is 10.3. The molecule has 6 aliphatic rings. The van der Waals surface area contributed by atoms with Crippen LogP contribution in [-0.2, 0) is 20.1 Å². The minimum Gasteiger partial charge on any atom is -0.393 e. The predicted octanol–water partition coefficient (Wildman–Crippen LogP) is 2.85. The largest absolute Gasteiger partial charge is 0.491 e. The van der Waals surface area contributed by atoms with Crippen LogP contribution in [0.4, 0.5) is 0 Å². The Balaban J connectivity index is 1.10. The summed E-state index contributed by atoms with van der Waals surface area (Å²) in [6.45, 7) is 0.682. The monoisotopic (exact) mass is 757 g/mol. The van der Waals surface area contributed by atoms with Gasteiger partial charge in [-0.15, -0.1) is 0 Å². The molecular weight excluding hydrogens is 699 g/mol. The molecule has 0 aromatic heterocycles. The molecule has 1 radical (unpaired) electrons. The Bertz CT molecular complexity index is 1560. The normalized spacial score (nSPS) is 27.7. The molecular formula is C40H58BN8O6. The maximum atomic E-state index is 13.7. The molecule has 2 unspecified atom stereocenters. The van der Waals surface area contributed by atoms with Crippen LogP contribution in [0.5, 0.6) is 0 Å². The topological polar surface area (TPSA) is 246 Å². The van der Waals surface area contributed by atoms with Crippen molar-refractivity contribution in [3.63, 3.8) is 0 Å². The summed E-state index contributed by atoms with van der Waals surface area (Å²) in [4.78, 5) is 35.4. The zero-order valence-electron chi connectivity index (χ0n) is 31.8. The van der Waals surface area contributed by atoms with E-state index >= 15 is 0 Å². The van der Waals surface area contributed by atoms with Gasteiger partial charge < -0.3 is 53.1 Å². The minimum atomic E-state index is -0.791. The Morgan fingerprint density at radius 3 is 1.35 bits per heavy atom. The van der Waals surface area contributed by atoms with Crippen LogP contribution < -0.4 is 33.6 Å². The quantitative estimate of drug-likeness (QED) is 0.0363. The van der Waals surface area contributed by atoms with E-state index in [2.05, 4.69) is 32.8 Å². The summed E-state index contributed by atoms with van der Waals surface area (Å²) in [5.41, 5.74) is 24.2. The van der Waals surface area contributed by atoms with Crippen LogP contribution in [0.2, 0.25) is 0 Å². The van der Waals surface area contributed by atoms with Gasteiger partial charge in [-0.2, -0.15) is 0 Å². The first kappa shape index (κ1) is 40.5. The molecule has 2 aromatic carbocycles. The molecule has 6 saturated carbocycles. The highest BCUT2D eigenvalue weighted by Crippen LogP contribution is 2.54. The number of carbonyl (C=O) groups excluding carboxylic acids is 2. The number of guanidine groups is 2. The van der Waals surface area contributed by atoms with E-state index in [1.807, 2.05) is 24.3 Å². The van der Waals surface area contributed by atoms with Gasteiger partial charge in [-0.3, -0.25) is 19.6 Å². The van der Waals surface area contributed by atoms with Gasteiger partial charge in [0.25, 0.3) is 11.8 Å². The van der Waals surface area contributed by atoms with Crippen molar-refractivity contribution in [3.8, 4) is 0 Å². The number of hydrogen-bond acceptors (Lipinski definition) is 8. The second-order valence-corrected chi connectivity index (χ2v) is 16.4. The number of nitrogens with zero attached hydrogens (tertiary/aromatic N) is 2. The molecule has 0 aliphatic heterocycles. The fraction of sp³-hybridized carbons (Fsp3) is 0.600. The first-order valence-corrected chi connectivity index (χ1v) is 19.8. The van der Waals surface area contributed by atoms with Gasteiger partial charge in [-0.25, -0.2) is 0 Å². The number of nitrogens with one attached hydrogen (secondary N) is 2. The summed E-state index contributed by atoms with van der Waals surface area (Å²) in [5, 5.41) is 27.4. The first-order chi connectivity index (χ1) is 26.3. The molecule has 0 heterocycles. The zero-order valence-corrected chi connectivity index (χ0v) is 31.8. The van der Waals surface area contributed by atoms with Crippen LogP contribution in [0.3, 0.4) is 0 Å². The van der Waals surface area contributed by atoms with Crippen LogP contribution in [-0.4, -0.2) is 78.4 Å². The minimum absolute atomic E-state index is 0.0226. The lowest BCUT2D eigenvalue weighted by atomic mass is 9.56. The average Bonchev–Trinajstić information content (AvgIpc) is 3.18. The Kier molecular flexibility index (Phi) is 12.7. The number of fused-ring (bicyclic) bond motifs is 6. The van der Waals surface area contributed by atoms with Crippen molar-refractivity contribution in [1.29, 1.82) is 0 Å². The van der Waals surface area contributed by atoms with Gasteiger partial charge >= 0.3 is 7.69 Å². The molecule has 55 heavy (non-hydrogen) atoms. The second kappa shape index (κ2) is 17.3. The number of aliphatic hydroxyl groups is 2. The van der Waals surface area contributed by atoms with Gasteiger partial charge in [0.05, 0.1) is 11.2 Å². The molecule has 6 fully saturated rings. The average molecular weight is 758 g/mol. The van der Waals surface area contributed by atoms with E-state index in [4.69, 9.17) is 32.2 Å². The molecule has 297 valence electrons. The van der Waals surface area contributed by atoms with Gasteiger partial charge in [0.2, 0.25) is 0 Å². The van der Waals surface area contributed by atoms with Crippen molar-refractivity contribution in [3.05, 3.63) is 70.8 Å². The third-order valence-electron chi connectivity index (χ3n) is 12.7. The molecule has 0 saturated heterocycles. The van der Waals surface area contributed by atoms with Crippen LogP contribution in [0.25, 0.3) is 0 Å². The fourth-order valence-corrected chi connectivity index (χ4v) is 9.12. The van der Waals surface area contributed by atoms with Crippen molar-refractivity contribution in [1.82, 2.24) is 10.6 Å². The van der Waals surface area contributed by atoms with E-state index in [9.17, 15) is 19.8 Å². The van der Waals surface area contributed by atoms with Crippen LogP contribution in [0, 0.1) is 0 Å². The number of hydrogen-bond donors (Lipinski definition) is 8. The van der Waals surface area contributed by atoms with Gasteiger partial charge in [0, 0.05) is 24.2 Å². The lowest BCUT2D eigenvalue weighted by Gasteiger charge is -2.51. The molecule has 6 aliphatic carbocycles. The van der Waals surface area contributed by atoms with Gasteiger partial charge in [0.1, 0.15) is 12.5 Å². The van der Waals surface area contributed by atoms with E-state index in [0.29, 0.717) is 49.9 Å². The highest BCUT2D eigenvalue weighted by atomic mass is 16.6. The van der Waals surface area contributed by atoms with E-state index in [-0.39, 0.29) is 34.6 Å². The first-order valence-electron chi connectivity index (χ1n) is 19.8. The molecule has 2 aromatic rings. The molecule has 2 atom stereocenters. The number of nitrogens with two attached hydrogens (primary N) is 4. The number of benzene rings is 2. The van der Waals surface area contributed by atoms with Crippen molar-refractivity contribution in [2.45, 2.75) is 137 Å². The summed E-state index contributed by atoms with van der Waals surface area (Å²) < 4.78 is 12.0. The maximum absolute atomic E-state index is 13.7. The molecule has 4 bridgehead atoms. The maximum Gasteiger partial charge on any atom is 0.491 e. The van der Waals surface area contributed by atoms with Crippen molar-refractivity contribution < 1.29 is 29.1 Å². The van der Waals surface area contributed by atoms with E-state index < -0.39 is 23.7 Å². The number of aliphatic imine (C=N–C) groups is 2. The molecule has 2 amide bonds. The predicted molar refractivity (Wildman–Crippen MR) is 212 cm³/mol. The summed E-state index contributed by atoms with van der Waals surface area (Å²) in [6, 6.07) is 15.5. The Morgan fingerprint density at radius 1 is 0.636 bits per heavy atom. The highest BCUT2D eigenvalue weighted by Gasteiger charge is 2.49. The van der Waals surface area contributed by atoms with Crippen LogP contribution in [0.15, 0.2) is 58.5 Å². The third kappa shape index (κ3) is 10.2. The standard InChI is InChI=1S/C40H58BN8O6/c42-35(43)46-23-3-9-31(48-33(50)27-5-1-7-29(25-27)37-11-17-39(52,18-12-37)19-13-37)54-41-55-32(10-4-24-47-36(44)45)49-34(51)28-6-2-8-30(26-28)38-14-20-40(53,21-15-38)22-16-38/h1-2,5-8,25-26,31-32,52-53H,3-4,9-24H2,(H,48,50)(H,49,51)(H4,42,43,46)(H4,44,45,47). The Morgan fingerprint density at radius 2 is 1.00 bits per heavy atom. The SMILES string of the molecule is NC(N)=NCCCC(NC(=O)c1cccc(C23CCC(O)(CC2)CC3)c1)O[B]OC(CCCN=C(N)N)NC(=O)c1cccc(C23CCC(O)(CC2)CC3)c1. The molecule has 14 nitrogen and oxygen atoms in total. The van der Waals surface area contributed by atoms with Crippen LogP contribution >= 0.6 is 0 Å². The molecule has 12 N–H and O–H groups in total. The second-order valence-electron chi connectivity index (χ2n) is 16.4. The highest BCUT2D eigenvalue weighted by molar-refractivity contribution is 6.18. The van der Waals surface area contributed by atoms with Crippen molar-refractivity contribution in [2.24, 2.45) is 32.9 Å². The van der Waals surface area contributed by atoms with Crippen molar-refractivity contribution in [2.75, 3.05) is 13.1 Å². The summed E-state index contributed by atoms with van der Waals surface area (Å²) in [5.74, 6) is -0.649. The van der Waals surface area contributed by atoms with Crippen LogP contribution in [0.1, 0.15) is 135 Å². The Hall–Kier alpha value is -4.18.